The summed E-state index contributed by atoms with van der Waals surface area (Å²) < 4.78 is 20.6. The summed E-state index contributed by atoms with van der Waals surface area (Å²) in [6.45, 7) is 8.03. The van der Waals surface area contributed by atoms with Crippen LogP contribution in [0.15, 0.2) is 28.8 Å². The molecule has 0 spiro atoms. The quantitative estimate of drug-likeness (QED) is 0.120. The van der Waals surface area contributed by atoms with Crippen LogP contribution in [0.1, 0.15) is 41.2 Å². The van der Waals surface area contributed by atoms with Crippen molar-refractivity contribution < 1.29 is 49.0 Å². The van der Waals surface area contributed by atoms with Crippen LogP contribution in [0.3, 0.4) is 0 Å². The molecule has 39 heavy (non-hydrogen) atoms. The summed E-state index contributed by atoms with van der Waals surface area (Å²) in [6, 6.07) is 7.49. The molecule has 2 aliphatic rings. The zero-order chi connectivity index (χ0) is 26.7. The maximum atomic E-state index is 12.0. The maximum Gasteiger partial charge on any atom is 0.286 e. The number of thioether (sulfide) groups is 1. The second kappa shape index (κ2) is 13.0. The average molecular weight is 997 g/mol. The fraction of sp³-hybridized carbons (Fsp3) is 0.385. The van der Waals surface area contributed by atoms with Crippen LogP contribution in [-0.2, 0) is 42.9 Å². The second-order valence-electron chi connectivity index (χ2n) is 9.30. The normalized spacial score (nSPS) is 19.4. The molecule has 13 heteroatoms. The molecule has 2 atom stereocenters. The minimum atomic E-state index is -0.644. The first-order valence-electron chi connectivity index (χ1n) is 11.7. The number of nitroso groups, excluding NO2 is 1. The third-order valence-corrected chi connectivity index (χ3v) is 7.98. The molecule has 2 amide bonds. The zero-order valence-electron chi connectivity index (χ0n) is 22.0. The topological polar surface area (TPSA) is 120 Å². The third-order valence-electron chi connectivity index (χ3n) is 6.61. The van der Waals surface area contributed by atoms with Gasteiger partial charge in [-0.05, 0) is 85.9 Å². The van der Waals surface area contributed by atoms with Gasteiger partial charge in [-0.25, -0.2) is 5.75 Å². The molecule has 2 heterocycles. The number of imide groups is 1. The molecule has 2 aliphatic heterocycles. The van der Waals surface area contributed by atoms with Crippen molar-refractivity contribution in [1.82, 2.24) is 5.32 Å². The van der Waals surface area contributed by atoms with E-state index in [0.717, 1.165) is 57.5 Å². The van der Waals surface area contributed by atoms with E-state index in [1.54, 1.807) is 0 Å². The molecule has 4 rings (SSSR count). The third kappa shape index (κ3) is 7.12. The fourth-order valence-corrected chi connectivity index (χ4v) is 5.46. The number of carbonyl (C=O) groups excluding carboxylic acids is 3. The monoisotopic (exact) mass is 997 g/mol. The van der Waals surface area contributed by atoms with Gasteiger partial charge in [-0.3, -0.25) is 19.7 Å². The molecule has 2 aromatic carbocycles. The Hall–Kier alpha value is -3.52. The minimum absolute atomic E-state index is 0. The number of hydrogen-bond donors (Lipinski definition) is 1. The largest absolute Gasteiger partial charge is 0.489 e. The van der Waals surface area contributed by atoms with Gasteiger partial charge in [0, 0.05) is 26.0 Å². The number of benzene rings is 2. The summed E-state index contributed by atoms with van der Waals surface area (Å²) in [6.07, 6.45) is 1.90. The Bertz CT molecular complexity index is 1260. The van der Waals surface area contributed by atoms with Crippen LogP contribution < -0.4 is 19.5 Å². The number of amides is 2. The molecule has 205 valence electrons. The number of carbonyl (C=O) groups is 3. The predicted molar refractivity (Wildman–Crippen MR) is 142 cm³/mol. The molecule has 0 aromatic heterocycles. The summed E-state index contributed by atoms with van der Waals surface area (Å²) >= 11 is 1.51. The molecule has 0 saturated carbocycles. The molecule has 1 radical (unpaired) electrons. The summed E-state index contributed by atoms with van der Waals surface area (Å²) in [5.74, 6) is 2.07. The van der Waals surface area contributed by atoms with Crippen LogP contribution in [0.25, 0.3) is 0 Å². The SMILES string of the molecule is Cc1c(C)c2c(c(C)c1OC(=O)[CH-]SN=O)CCC(C)(COc1ccc(CC3SC(=O)NC3=O)cc1)O2.[Re].[Rf]. The van der Waals surface area contributed by atoms with Gasteiger partial charge >= 0.3 is 0 Å². The number of fused-ring (bicyclic) bond motifs is 1. The van der Waals surface area contributed by atoms with E-state index in [9.17, 15) is 19.3 Å². The van der Waals surface area contributed by atoms with Gasteiger partial charge in [-0.2, -0.15) is 0 Å². The fourth-order valence-electron chi connectivity index (χ4n) is 4.42. The van der Waals surface area contributed by atoms with E-state index in [4.69, 9.17) is 14.2 Å². The number of nitrogens with one attached hydrogen (secondary N) is 1. The van der Waals surface area contributed by atoms with E-state index >= 15 is 0 Å². The van der Waals surface area contributed by atoms with Gasteiger partial charge in [0.25, 0.3) is 5.24 Å². The molecule has 0 bridgehead atoms. The van der Waals surface area contributed by atoms with Crippen molar-refractivity contribution in [2.45, 2.75) is 57.8 Å². The Morgan fingerprint density at radius 2 is 1.90 bits per heavy atom. The average Bonchev–Trinajstić information content (AvgIpc) is 3.19. The van der Waals surface area contributed by atoms with Gasteiger partial charge in [-0.15, -0.1) is 16.9 Å². The van der Waals surface area contributed by atoms with Crippen molar-refractivity contribution in [2.24, 2.45) is 4.58 Å². The summed E-state index contributed by atoms with van der Waals surface area (Å²) in [7, 11) is 0. The van der Waals surface area contributed by atoms with E-state index in [1.807, 2.05) is 52.0 Å². The Kier molecular flexibility index (Phi) is 10.6. The number of hydrogen-bond acceptors (Lipinski definition) is 10. The van der Waals surface area contributed by atoms with Gasteiger partial charge in [0.05, 0.1) is 5.25 Å². The van der Waals surface area contributed by atoms with E-state index in [0.29, 0.717) is 42.9 Å². The molecule has 9 nitrogen and oxygen atoms in total. The Morgan fingerprint density at radius 3 is 2.51 bits per heavy atom. The zero-order valence-corrected chi connectivity index (χ0v) is 32.7. The van der Waals surface area contributed by atoms with Gasteiger partial charge in [0.2, 0.25) is 5.91 Å². The number of ether oxygens (including phenoxy) is 3. The van der Waals surface area contributed by atoms with Crippen molar-refractivity contribution in [2.75, 3.05) is 6.61 Å². The number of rotatable bonds is 9. The Morgan fingerprint density at radius 1 is 1.21 bits per heavy atom. The van der Waals surface area contributed by atoms with Crippen molar-refractivity contribution in [3.63, 3.8) is 0 Å². The smallest absolute Gasteiger partial charge is 0.286 e. The first-order chi connectivity index (χ1) is 17.6. The van der Waals surface area contributed by atoms with Crippen LogP contribution >= 0.6 is 23.7 Å². The van der Waals surface area contributed by atoms with Gasteiger partial charge < -0.3 is 14.2 Å². The molecular weight excluding hydrogens is 970 g/mol. The van der Waals surface area contributed by atoms with Crippen molar-refractivity contribution in [3.05, 3.63) is 62.7 Å². The van der Waals surface area contributed by atoms with Gasteiger partial charge in [0.1, 0.15) is 29.5 Å². The van der Waals surface area contributed by atoms with Crippen molar-refractivity contribution in [1.29, 1.82) is 0 Å². The van der Waals surface area contributed by atoms with Crippen LogP contribution in [0.5, 0.6) is 17.2 Å². The summed E-state index contributed by atoms with van der Waals surface area (Å²) in [5.41, 5.74) is 3.87. The number of nitrogens with zero attached hydrogens (tertiary/aromatic N) is 1. The molecular formula is C26H27N2O7ReRfS2-. The number of esters is 1. The first-order valence-corrected chi connectivity index (χ1v) is 13.4. The Labute approximate surface area is 243 Å². The van der Waals surface area contributed by atoms with Gasteiger partial charge in [0.15, 0.2) is 5.97 Å². The van der Waals surface area contributed by atoms with E-state index in [-0.39, 0.29) is 31.6 Å². The van der Waals surface area contributed by atoms with Crippen LogP contribution in [0.2, 0.25) is 0 Å². The molecule has 1 N–H and O–H groups in total. The first kappa shape index (κ1) is 31.7. The van der Waals surface area contributed by atoms with E-state index in [2.05, 4.69) is 9.90 Å². The van der Waals surface area contributed by atoms with E-state index < -0.39 is 16.8 Å². The molecule has 2 unspecified atom stereocenters. The van der Waals surface area contributed by atoms with E-state index in [1.165, 1.54) is 0 Å². The van der Waals surface area contributed by atoms with Crippen LogP contribution in [0.4, 0.5) is 4.79 Å². The predicted octanol–water partition coefficient (Wildman–Crippen LogP) is 5.15. The summed E-state index contributed by atoms with van der Waals surface area (Å²) in [4.78, 5) is 45.5. The van der Waals surface area contributed by atoms with Crippen LogP contribution in [-0.4, -0.2) is 34.6 Å². The Balaban J connectivity index is 0.00000267. The molecule has 2 aromatic rings. The van der Waals surface area contributed by atoms with Crippen LogP contribution in [0, 0.1) is 31.4 Å². The van der Waals surface area contributed by atoms with Crippen molar-refractivity contribution in [3.8, 4) is 17.2 Å². The standard InChI is InChI=1S/C26H27N2O7S2.Re.Rf/c1-14-15(2)23-19(16(3)22(14)34-21(29)12-36-28-32)9-10-26(4,35-23)13-33-18-7-5-17(6-8-18)11-20-24(30)27-25(31)37-20;;/h5-8,12,20H,9-11,13H2,1-4H3,(H,27,30,31);;/q-1;;. The molecule has 1 fully saturated rings. The molecule has 0 aliphatic carbocycles. The molecule has 1 saturated heterocycles. The van der Waals surface area contributed by atoms with Gasteiger partial charge in [-0.1, -0.05) is 23.9 Å². The van der Waals surface area contributed by atoms with Crippen molar-refractivity contribution >= 4 is 40.8 Å². The minimum Gasteiger partial charge on any atom is -0.489 e. The second-order valence-corrected chi connectivity index (χ2v) is 11.1. The maximum absolute atomic E-state index is 12.0. The summed E-state index contributed by atoms with van der Waals surface area (Å²) in [5, 5.41) is 1.59.